The molecule has 7 nitrogen and oxygen atoms in total. The maximum Gasteiger partial charge on any atom is 0.261 e. The van der Waals surface area contributed by atoms with E-state index in [9.17, 15) is 13.2 Å². The summed E-state index contributed by atoms with van der Waals surface area (Å²) >= 11 is 0. The van der Waals surface area contributed by atoms with Crippen LogP contribution in [0.15, 0.2) is 65.6 Å². The largest absolute Gasteiger partial charge is 0.496 e. The van der Waals surface area contributed by atoms with Gasteiger partial charge in [0.1, 0.15) is 11.5 Å². The van der Waals surface area contributed by atoms with E-state index in [4.69, 9.17) is 9.47 Å². The predicted octanol–water partition coefficient (Wildman–Crippen LogP) is 4.68. The van der Waals surface area contributed by atoms with Crippen LogP contribution in [0.25, 0.3) is 0 Å². The molecular formula is C26H30N2O5S. The van der Waals surface area contributed by atoms with Crippen molar-refractivity contribution in [2.75, 3.05) is 18.4 Å². The van der Waals surface area contributed by atoms with Gasteiger partial charge in [-0.25, -0.2) is 8.42 Å². The second-order valence-corrected chi connectivity index (χ2v) is 9.83. The van der Waals surface area contributed by atoms with Crippen LogP contribution in [-0.2, 0) is 14.8 Å². The van der Waals surface area contributed by atoms with Crippen molar-refractivity contribution < 1.29 is 22.7 Å². The third-order valence-corrected chi connectivity index (χ3v) is 6.94. The van der Waals surface area contributed by atoms with Gasteiger partial charge in [0.2, 0.25) is 0 Å². The summed E-state index contributed by atoms with van der Waals surface area (Å²) in [4.78, 5) is 12.5. The van der Waals surface area contributed by atoms with Crippen LogP contribution in [0.2, 0.25) is 0 Å². The molecule has 0 radical (unpaired) electrons. The number of ether oxygens (including phenoxy) is 2. The number of sulfonamides is 1. The fraction of sp³-hybridized carbons (Fsp3) is 0.269. The van der Waals surface area contributed by atoms with Gasteiger partial charge in [-0.2, -0.15) is 0 Å². The summed E-state index contributed by atoms with van der Waals surface area (Å²) < 4.78 is 39.2. The first-order valence-electron chi connectivity index (χ1n) is 10.9. The van der Waals surface area contributed by atoms with Gasteiger partial charge in [0.25, 0.3) is 15.9 Å². The number of aryl methyl sites for hydroxylation is 3. The summed E-state index contributed by atoms with van der Waals surface area (Å²) in [5.74, 6) is 0.828. The van der Waals surface area contributed by atoms with Crippen molar-refractivity contribution in [1.29, 1.82) is 0 Å². The van der Waals surface area contributed by atoms with Crippen LogP contribution in [-0.4, -0.2) is 28.0 Å². The van der Waals surface area contributed by atoms with Crippen molar-refractivity contribution in [3.05, 3.63) is 82.9 Å². The van der Waals surface area contributed by atoms with E-state index in [2.05, 4.69) is 10.0 Å². The SMILES string of the molecule is COc1ccccc1C(C)NC(=O)COc1ccc(S(=O)(=O)Nc2ccc(C)c(C)c2)cc1C. The molecule has 0 aliphatic heterocycles. The van der Waals surface area contributed by atoms with Crippen LogP contribution in [0.5, 0.6) is 11.5 Å². The summed E-state index contributed by atoms with van der Waals surface area (Å²) in [5.41, 5.74) is 4.05. The smallest absolute Gasteiger partial charge is 0.261 e. The first-order chi connectivity index (χ1) is 16.1. The van der Waals surface area contributed by atoms with Gasteiger partial charge in [-0.05, 0) is 80.8 Å². The maximum atomic E-state index is 12.8. The van der Waals surface area contributed by atoms with Crippen LogP contribution in [0, 0.1) is 20.8 Å². The molecule has 0 aliphatic rings. The lowest BCUT2D eigenvalue weighted by atomic mass is 10.1. The highest BCUT2D eigenvalue weighted by molar-refractivity contribution is 7.92. The van der Waals surface area contributed by atoms with E-state index in [1.54, 1.807) is 32.2 Å². The number of carbonyl (C=O) groups excluding carboxylic acids is 1. The second-order valence-electron chi connectivity index (χ2n) is 8.15. The fourth-order valence-corrected chi connectivity index (χ4v) is 4.63. The minimum absolute atomic E-state index is 0.116. The van der Waals surface area contributed by atoms with Gasteiger partial charge >= 0.3 is 0 Å². The van der Waals surface area contributed by atoms with E-state index in [-0.39, 0.29) is 23.5 Å². The molecule has 3 aromatic rings. The Morgan fingerprint density at radius 3 is 2.32 bits per heavy atom. The zero-order valence-corrected chi connectivity index (χ0v) is 20.8. The summed E-state index contributed by atoms with van der Waals surface area (Å²) in [6.07, 6.45) is 0. The standard InChI is InChI=1S/C26H30N2O5S/c1-17-10-11-21(14-18(17)2)28-34(30,31)22-12-13-24(19(3)15-22)33-16-26(29)27-20(4)23-8-6-7-9-25(23)32-5/h6-15,20,28H,16H2,1-5H3,(H,27,29). The third-order valence-electron chi connectivity index (χ3n) is 5.56. The van der Waals surface area contributed by atoms with Gasteiger partial charge in [-0.15, -0.1) is 0 Å². The van der Waals surface area contributed by atoms with E-state index in [1.807, 2.05) is 51.1 Å². The van der Waals surface area contributed by atoms with E-state index in [1.165, 1.54) is 12.1 Å². The third kappa shape index (κ3) is 6.08. The molecule has 0 aromatic heterocycles. The topological polar surface area (TPSA) is 93.7 Å². The van der Waals surface area contributed by atoms with Crippen molar-refractivity contribution in [3.63, 3.8) is 0 Å². The zero-order valence-electron chi connectivity index (χ0n) is 20.0. The normalized spacial score (nSPS) is 12.0. The number of nitrogens with one attached hydrogen (secondary N) is 2. The second kappa shape index (κ2) is 10.6. The monoisotopic (exact) mass is 482 g/mol. The Balaban J connectivity index is 1.63. The Kier molecular flexibility index (Phi) is 7.83. The van der Waals surface area contributed by atoms with Crippen molar-refractivity contribution in [2.45, 2.75) is 38.6 Å². The zero-order chi connectivity index (χ0) is 24.9. The predicted molar refractivity (Wildman–Crippen MR) is 133 cm³/mol. The Labute approximate surface area is 201 Å². The molecule has 0 aliphatic carbocycles. The summed E-state index contributed by atoms with van der Waals surface area (Å²) in [5, 5.41) is 2.88. The molecule has 0 fully saturated rings. The van der Waals surface area contributed by atoms with E-state index < -0.39 is 10.0 Å². The van der Waals surface area contributed by atoms with Crippen molar-refractivity contribution in [1.82, 2.24) is 5.32 Å². The van der Waals surface area contributed by atoms with E-state index >= 15 is 0 Å². The number of amides is 1. The number of anilines is 1. The van der Waals surface area contributed by atoms with Gasteiger partial charge in [-0.1, -0.05) is 24.3 Å². The van der Waals surface area contributed by atoms with Crippen LogP contribution in [0.3, 0.4) is 0 Å². The summed E-state index contributed by atoms with van der Waals surface area (Å²) in [7, 11) is -2.18. The molecule has 0 saturated heterocycles. The average molecular weight is 483 g/mol. The van der Waals surface area contributed by atoms with Crippen LogP contribution in [0.1, 0.15) is 35.2 Å². The Hall–Kier alpha value is -3.52. The highest BCUT2D eigenvalue weighted by atomic mass is 32.2. The molecule has 0 spiro atoms. The minimum Gasteiger partial charge on any atom is -0.496 e. The maximum absolute atomic E-state index is 12.8. The number of benzene rings is 3. The molecule has 0 bridgehead atoms. The average Bonchev–Trinajstić information content (AvgIpc) is 2.80. The van der Waals surface area contributed by atoms with E-state index in [0.29, 0.717) is 22.7 Å². The van der Waals surface area contributed by atoms with Crippen molar-refractivity contribution >= 4 is 21.6 Å². The first kappa shape index (κ1) is 25.1. The number of rotatable bonds is 9. The lowest BCUT2D eigenvalue weighted by molar-refractivity contribution is -0.123. The van der Waals surface area contributed by atoms with Crippen molar-refractivity contribution in [2.24, 2.45) is 0 Å². The fourth-order valence-electron chi connectivity index (χ4n) is 3.50. The highest BCUT2D eigenvalue weighted by Crippen LogP contribution is 2.26. The highest BCUT2D eigenvalue weighted by Gasteiger charge is 2.17. The molecular weight excluding hydrogens is 452 g/mol. The van der Waals surface area contributed by atoms with E-state index in [0.717, 1.165) is 16.7 Å². The number of methoxy groups -OCH3 is 1. The number of carbonyl (C=O) groups is 1. The molecule has 0 heterocycles. The first-order valence-corrected chi connectivity index (χ1v) is 12.3. The lowest BCUT2D eigenvalue weighted by Crippen LogP contribution is -2.31. The molecule has 0 saturated carbocycles. The van der Waals surface area contributed by atoms with Crippen LogP contribution in [0.4, 0.5) is 5.69 Å². The van der Waals surface area contributed by atoms with Gasteiger partial charge in [0.15, 0.2) is 6.61 Å². The van der Waals surface area contributed by atoms with Gasteiger partial charge in [-0.3, -0.25) is 9.52 Å². The molecule has 1 amide bonds. The van der Waals surface area contributed by atoms with Crippen LogP contribution >= 0.6 is 0 Å². The summed E-state index contributed by atoms with van der Waals surface area (Å²) in [6, 6.07) is 17.1. The Morgan fingerprint density at radius 2 is 1.65 bits per heavy atom. The van der Waals surface area contributed by atoms with Gasteiger partial charge < -0.3 is 14.8 Å². The summed E-state index contributed by atoms with van der Waals surface area (Å²) in [6.45, 7) is 7.29. The van der Waals surface area contributed by atoms with Gasteiger partial charge in [0.05, 0.1) is 18.0 Å². The minimum atomic E-state index is -3.76. The number of hydrogen-bond donors (Lipinski definition) is 2. The van der Waals surface area contributed by atoms with Crippen LogP contribution < -0.4 is 19.5 Å². The number of hydrogen-bond acceptors (Lipinski definition) is 5. The number of para-hydroxylation sites is 1. The van der Waals surface area contributed by atoms with Gasteiger partial charge in [0, 0.05) is 11.3 Å². The molecule has 8 heteroatoms. The quantitative estimate of drug-likeness (QED) is 0.462. The molecule has 1 atom stereocenters. The Bertz CT molecular complexity index is 1290. The molecule has 2 N–H and O–H groups in total. The lowest BCUT2D eigenvalue weighted by Gasteiger charge is -2.18. The molecule has 180 valence electrons. The molecule has 3 aromatic carbocycles. The van der Waals surface area contributed by atoms with Crippen molar-refractivity contribution in [3.8, 4) is 11.5 Å². The molecule has 3 rings (SSSR count). The Morgan fingerprint density at radius 1 is 0.912 bits per heavy atom. The molecule has 1 unspecified atom stereocenters. The molecule has 34 heavy (non-hydrogen) atoms.